The number of nitrogens with one attached hydrogen (secondary N) is 1. The first kappa shape index (κ1) is 18.0. The predicted octanol–water partition coefficient (Wildman–Crippen LogP) is 5.31. The largest absolute Gasteiger partial charge is 0.367 e. The molecule has 3 aromatic rings. The van der Waals surface area contributed by atoms with Gasteiger partial charge in [0.2, 0.25) is 0 Å². The Kier molecular flexibility index (Phi) is 4.91. The van der Waals surface area contributed by atoms with Crippen LogP contribution in [0.4, 0.5) is 10.2 Å². The predicted molar refractivity (Wildman–Crippen MR) is 109 cm³/mol. The summed E-state index contributed by atoms with van der Waals surface area (Å²) in [4.78, 5) is 9.33. The molecule has 0 unspecified atom stereocenters. The number of halogens is 1. The molecule has 0 bridgehead atoms. The number of hydrogen-bond donors (Lipinski definition) is 1. The van der Waals surface area contributed by atoms with E-state index in [1.807, 2.05) is 12.3 Å². The summed E-state index contributed by atoms with van der Waals surface area (Å²) in [5.74, 6) is 2.17. The van der Waals surface area contributed by atoms with Crippen LogP contribution in [0.15, 0.2) is 47.8 Å². The molecule has 0 saturated carbocycles. The second-order valence-electron chi connectivity index (χ2n) is 7.21. The maximum Gasteiger partial charge on any atom is 0.169 e. The fourth-order valence-corrected chi connectivity index (χ4v) is 4.09. The topological polar surface area (TPSA) is 42.7 Å². The highest BCUT2D eigenvalue weighted by molar-refractivity contribution is 7.99. The van der Waals surface area contributed by atoms with Gasteiger partial charge in [-0.15, -0.1) is 0 Å². The first-order valence-electron chi connectivity index (χ1n) is 9.25. The highest BCUT2D eigenvalue weighted by Gasteiger charge is 2.24. The van der Waals surface area contributed by atoms with E-state index in [1.165, 1.54) is 12.1 Å². The normalized spacial score (nSPS) is 14.4. The Morgan fingerprint density at radius 1 is 1.11 bits per heavy atom. The average molecular weight is 383 g/mol. The second kappa shape index (κ2) is 7.35. The molecule has 0 aliphatic carbocycles. The van der Waals surface area contributed by atoms with Gasteiger partial charge in [0.05, 0.1) is 11.4 Å². The first-order chi connectivity index (χ1) is 13.0. The molecule has 2 aromatic heterocycles. The van der Waals surface area contributed by atoms with E-state index < -0.39 is 0 Å². The molecule has 1 aliphatic heterocycles. The van der Waals surface area contributed by atoms with Gasteiger partial charge in [-0.3, -0.25) is 0 Å². The first-order valence-corrected chi connectivity index (χ1v) is 10.2. The molecule has 27 heavy (non-hydrogen) atoms. The second-order valence-corrected chi connectivity index (χ2v) is 8.27. The number of anilines is 1. The van der Waals surface area contributed by atoms with E-state index in [9.17, 15) is 4.39 Å². The molecule has 1 N–H and O–H groups in total. The smallest absolute Gasteiger partial charge is 0.169 e. The molecule has 1 aromatic carbocycles. The molecule has 0 radical (unpaired) electrons. The molecule has 0 saturated heterocycles. The molecule has 0 amide bonds. The van der Waals surface area contributed by atoms with Crippen LogP contribution in [-0.4, -0.2) is 26.3 Å². The van der Waals surface area contributed by atoms with Crippen molar-refractivity contribution < 1.29 is 4.39 Å². The van der Waals surface area contributed by atoms with Crippen LogP contribution in [0.5, 0.6) is 0 Å². The van der Waals surface area contributed by atoms with Gasteiger partial charge in [0, 0.05) is 35.7 Å². The van der Waals surface area contributed by atoms with Gasteiger partial charge >= 0.3 is 0 Å². The van der Waals surface area contributed by atoms with E-state index in [-0.39, 0.29) is 5.82 Å². The van der Waals surface area contributed by atoms with Gasteiger partial charge in [-0.05, 0) is 49.2 Å². The molecule has 0 fully saturated rings. The molecule has 0 spiro atoms. The SMILES string of the molecule is CC(C)[C@H](C)Nc1cc(-c2c(-c3ccc(F)cc3)nc3n2CCS3)ccn1. The summed E-state index contributed by atoms with van der Waals surface area (Å²) in [7, 11) is 0. The summed E-state index contributed by atoms with van der Waals surface area (Å²) >= 11 is 1.76. The van der Waals surface area contributed by atoms with Gasteiger partial charge in [0.15, 0.2) is 5.16 Å². The van der Waals surface area contributed by atoms with Gasteiger partial charge in [-0.25, -0.2) is 14.4 Å². The van der Waals surface area contributed by atoms with Crippen molar-refractivity contribution in [1.29, 1.82) is 0 Å². The molecule has 140 valence electrons. The lowest BCUT2D eigenvalue weighted by Crippen LogP contribution is -2.22. The van der Waals surface area contributed by atoms with Crippen LogP contribution in [-0.2, 0) is 6.54 Å². The number of benzene rings is 1. The van der Waals surface area contributed by atoms with Gasteiger partial charge < -0.3 is 9.88 Å². The summed E-state index contributed by atoms with van der Waals surface area (Å²) in [5, 5.41) is 4.50. The third kappa shape index (κ3) is 3.58. The minimum atomic E-state index is -0.237. The number of nitrogens with zero attached hydrogens (tertiary/aromatic N) is 3. The number of thioether (sulfide) groups is 1. The van der Waals surface area contributed by atoms with E-state index in [1.54, 1.807) is 23.9 Å². The van der Waals surface area contributed by atoms with Gasteiger partial charge in [-0.1, -0.05) is 25.6 Å². The maximum absolute atomic E-state index is 13.4. The van der Waals surface area contributed by atoms with Crippen LogP contribution < -0.4 is 5.32 Å². The zero-order valence-corrected chi connectivity index (χ0v) is 16.6. The fourth-order valence-electron chi connectivity index (χ4n) is 3.14. The Morgan fingerprint density at radius 3 is 2.63 bits per heavy atom. The summed E-state index contributed by atoms with van der Waals surface area (Å²) in [6.45, 7) is 7.47. The van der Waals surface area contributed by atoms with Crippen LogP contribution in [0.2, 0.25) is 0 Å². The van der Waals surface area contributed by atoms with E-state index >= 15 is 0 Å². The summed E-state index contributed by atoms with van der Waals surface area (Å²) in [5.41, 5.74) is 3.97. The molecular weight excluding hydrogens is 359 g/mol. The Morgan fingerprint density at radius 2 is 1.89 bits per heavy atom. The minimum Gasteiger partial charge on any atom is -0.367 e. The number of aromatic nitrogens is 3. The third-order valence-corrected chi connectivity index (χ3v) is 5.96. The van der Waals surface area contributed by atoms with Crippen molar-refractivity contribution in [3.63, 3.8) is 0 Å². The Bertz CT molecular complexity index is 949. The summed E-state index contributed by atoms with van der Waals surface area (Å²) in [6, 6.07) is 11.0. The van der Waals surface area contributed by atoms with Crippen LogP contribution in [0.3, 0.4) is 0 Å². The molecule has 1 atom stereocenters. The Labute approximate surface area is 163 Å². The van der Waals surface area contributed by atoms with Crippen molar-refractivity contribution in [2.24, 2.45) is 5.92 Å². The van der Waals surface area contributed by atoms with Crippen molar-refractivity contribution in [3.8, 4) is 22.5 Å². The third-order valence-electron chi connectivity index (χ3n) is 5.01. The quantitative estimate of drug-likeness (QED) is 0.649. The Balaban J connectivity index is 1.78. The lowest BCUT2D eigenvalue weighted by atomic mass is 10.0. The number of rotatable bonds is 5. The van der Waals surface area contributed by atoms with Crippen molar-refractivity contribution in [2.75, 3.05) is 11.1 Å². The molecule has 6 heteroatoms. The zero-order valence-electron chi connectivity index (χ0n) is 15.7. The van der Waals surface area contributed by atoms with Crippen LogP contribution >= 0.6 is 11.8 Å². The van der Waals surface area contributed by atoms with Crippen LogP contribution in [0.1, 0.15) is 20.8 Å². The summed E-state index contributed by atoms with van der Waals surface area (Å²) in [6.07, 6.45) is 1.83. The van der Waals surface area contributed by atoms with Gasteiger partial charge in [-0.2, -0.15) is 0 Å². The summed E-state index contributed by atoms with van der Waals surface area (Å²) < 4.78 is 15.6. The number of hydrogen-bond acceptors (Lipinski definition) is 4. The lowest BCUT2D eigenvalue weighted by Gasteiger charge is -2.18. The Hall–Kier alpha value is -2.34. The van der Waals surface area contributed by atoms with Crippen molar-refractivity contribution in [3.05, 3.63) is 48.4 Å². The molecule has 4 rings (SSSR count). The van der Waals surface area contributed by atoms with Gasteiger partial charge in [0.1, 0.15) is 11.6 Å². The maximum atomic E-state index is 13.4. The monoisotopic (exact) mass is 382 g/mol. The highest BCUT2D eigenvalue weighted by atomic mass is 32.2. The van der Waals surface area contributed by atoms with E-state index in [0.717, 1.165) is 45.8 Å². The van der Waals surface area contributed by atoms with Crippen LogP contribution in [0, 0.1) is 11.7 Å². The zero-order chi connectivity index (χ0) is 19.0. The van der Waals surface area contributed by atoms with Crippen molar-refractivity contribution >= 4 is 17.6 Å². The average Bonchev–Trinajstić information content (AvgIpc) is 3.23. The van der Waals surface area contributed by atoms with E-state index in [4.69, 9.17) is 4.98 Å². The van der Waals surface area contributed by atoms with E-state index in [0.29, 0.717) is 12.0 Å². The number of fused-ring (bicyclic) bond motifs is 1. The van der Waals surface area contributed by atoms with Crippen molar-refractivity contribution in [2.45, 2.75) is 38.5 Å². The van der Waals surface area contributed by atoms with Crippen LogP contribution in [0.25, 0.3) is 22.5 Å². The molecule has 3 heterocycles. The van der Waals surface area contributed by atoms with Crippen molar-refractivity contribution in [1.82, 2.24) is 14.5 Å². The fraction of sp³-hybridized carbons (Fsp3) is 0.333. The lowest BCUT2D eigenvalue weighted by molar-refractivity contribution is 0.558. The molecular formula is C21H23FN4S. The number of imidazole rings is 1. The number of pyridine rings is 1. The van der Waals surface area contributed by atoms with E-state index in [2.05, 4.69) is 41.7 Å². The van der Waals surface area contributed by atoms with Gasteiger partial charge in [0.25, 0.3) is 0 Å². The molecule has 4 nitrogen and oxygen atoms in total. The molecule has 1 aliphatic rings. The highest BCUT2D eigenvalue weighted by Crippen LogP contribution is 2.39. The minimum absolute atomic E-state index is 0.237. The standard InChI is InChI=1S/C21H23FN4S/c1-13(2)14(3)24-18-12-16(8-9-23-18)20-19(15-4-6-17(22)7-5-15)25-21-26(20)10-11-27-21/h4-9,12-14H,10-11H2,1-3H3,(H,23,24)/t14-/m0/s1.